The van der Waals surface area contributed by atoms with Gasteiger partial charge in [0.05, 0.1) is 0 Å². The summed E-state index contributed by atoms with van der Waals surface area (Å²) in [5.41, 5.74) is 6.28. The molecule has 1 amide bonds. The van der Waals surface area contributed by atoms with Crippen molar-refractivity contribution in [1.82, 2.24) is 4.98 Å². The number of rotatable bonds is 5. The summed E-state index contributed by atoms with van der Waals surface area (Å²) >= 11 is 0. The Kier molecular flexibility index (Phi) is 5.04. The van der Waals surface area contributed by atoms with Crippen molar-refractivity contribution in [3.8, 4) is 17.2 Å². The van der Waals surface area contributed by atoms with Crippen LogP contribution in [0.25, 0.3) is 22.6 Å². The highest BCUT2D eigenvalue weighted by Crippen LogP contribution is 2.28. The Hall–Kier alpha value is -3.60. The molecular formula is C24H22N2O3. The van der Waals surface area contributed by atoms with Crippen LogP contribution in [-0.2, 0) is 4.79 Å². The molecule has 0 saturated heterocycles. The van der Waals surface area contributed by atoms with Gasteiger partial charge in [0.25, 0.3) is 5.91 Å². The lowest BCUT2D eigenvalue weighted by Crippen LogP contribution is -2.20. The van der Waals surface area contributed by atoms with Gasteiger partial charge in [0.15, 0.2) is 12.2 Å². The number of hydrogen-bond acceptors (Lipinski definition) is 4. The van der Waals surface area contributed by atoms with Crippen molar-refractivity contribution in [2.75, 3.05) is 11.9 Å². The van der Waals surface area contributed by atoms with Crippen LogP contribution in [0.15, 0.2) is 65.1 Å². The average molecular weight is 386 g/mol. The predicted octanol–water partition coefficient (Wildman–Crippen LogP) is 5.44. The van der Waals surface area contributed by atoms with Crippen LogP contribution >= 0.6 is 0 Å². The third kappa shape index (κ3) is 4.29. The minimum atomic E-state index is -0.223. The van der Waals surface area contributed by atoms with Gasteiger partial charge in [0.2, 0.25) is 5.89 Å². The van der Waals surface area contributed by atoms with E-state index in [-0.39, 0.29) is 12.5 Å². The molecule has 5 heteroatoms. The fourth-order valence-corrected chi connectivity index (χ4v) is 3.01. The molecule has 0 unspecified atom stereocenters. The molecule has 0 fully saturated rings. The highest BCUT2D eigenvalue weighted by Gasteiger charge is 2.12. The Balaban J connectivity index is 1.50. The normalized spacial score (nSPS) is 10.9. The van der Waals surface area contributed by atoms with Gasteiger partial charge in [-0.2, -0.15) is 0 Å². The van der Waals surface area contributed by atoms with Gasteiger partial charge in [0, 0.05) is 11.3 Å². The number of aryl methyl sites for hydroxylation is 3. The first-order valence-corrected chi connectivity index (χ1v) is 9.45. The number of fused-ring (bicyclic) bond motifs is 1. The zero-order chi connectivity index (χ0) is 20.4. The first-order chi connectivity index (χ1) is 14.0. The van der Waals surface area contributed by atoms with Gasteiger partial charge < -0.3 is 14.5 Å². The summed E-state index contributed by atoms with van der Waals surface area (Å²) in [5.74, 6) is 0.967. The molecule has 0 atom stereocenters. The number of carbonyl (C=O) groups excluding carboxylic acids is 1. The monoisotopic (exact) mass is 386 g/mol. The highest BCUT2D eigenvalue weighted by atomic mass is 16.5. The van der Waals surface area contributed by atoms with E-state index in [1.165, 1.54) is 0 Å². The van der Waals surface area contributed by atoms with Crippen molar-refractivity contribution in [3.63, 3.8) is 0 Å². The highest BCUT2D eigenvalue weighted by molar-refractivity contribution is 5.93. The van der Waals surface area contributed by atoms with Crippen molar-refractivity contribution in [3.05, 3.63) is 77.4 Å². The molecule has 0 bridgehead atoms. The maximum atomic E-state index is 12.4. The maximum absolute atomic E-state index is 12.4. The molecule has 0 saturated carbocycles. The molecule has 4 rings (SSSR count). The number of oxazole rings is 1. The summed E-state index contributed by atoms with van der Waals surface area (Å²) in [6, 6.07) is 19.2. The lowest BCUT2D eigenvalue weighted by Gasteiger charge is -2.11. The Morgan fingerprint density at radius 1 is 0.966 bits per heavy atom. The van der Waals surface area contributed by atoms with E-state index < -0.39 is 0 Å². The van der Waals surface area contributed by atoms with E-state index in [1.54, 1.807) is 0 Å². The zero-order valence-electron chi connectivity index (χ0n) is 16.7. The lowest BCUT2D eigenvalue weighted by atomic mass is 10.1. The third-order valence-electron chi connectivity index (χ3n) is 4.69. The van der Waals surface area contributed by atoms with Crippen LogP contribution in [0.5, 0.6) is 5.75 Å². The summed E-state index contributed by atoms with van der Waals surface area (Å²) in [6.45, 7) is 5.90. The Morgan fingerprint density at radius 3 is 2.52 bits per heavy atom. The quantitative estimate of drug-likeness (QED) is 0.496. The molecule has 146 valence electrons. The fourth-order valence-electron chi connectivity index (χ4n) is 3.01. The molecule has 1 heterocycles. The number of amides is 1. The Labute approximate surface area is 169 Å². The maximum Gasteiger partial charge on any atom is 0.262 e. The third-order valence-corrected chi connectivity index (χ3v) is 4.69. The van der Waals surface area contributed by atoms with Crippen LogP contribution in [0.3, 0.4) is 0 Å². The molecular weight excluding hydrogens is 364 g/mol. The van der Waals surface area contributed by atoms with Gasteiger partial charge in [-0.3, -0.25) is 4.79 Å². The van der Waals surface area contributed by atoms with E-state index in [9.17, 15) is 4.79 Å². The molecule has 4 aromatic rings. The molecule has 0 aliphatic heterocycles. The number of carbonyl (C=O) groups is 1. The van der Waals surface area contributed by atoms with E-state index in [0.717, 1.165) is 33.4 Å². The zero-order valence-corrected chi connectivity index (χ0v) is 16.7. The summed E-state index contributed by atoms with van der Waals surface area (Å²) in [4.78, 5) is 16.9. The van der Waals surface area contributed by atoms with Gasteiger partial charge in [-0.05, 0) is 68.3 Å². The Bertz CT molecular complexity index is 1180. The van der Waals surface area contributed by atoms with Gasteiger partial charge in [-0.15, -0.1) is 0 Å². The van der Waals surface area contributed by atoms with E-state index in [0.29, 0.717) is 17.3 Å². The van der Waals surface area contributed by atoms with Crippen LogP contribution in [0.4, 0.5) is 5.69 Å². The number of ether oxygens (including phenoxy) is 1. The van der Waals surface area contributed by atoms with Gasteiger partial charge in [-0.1, -0.05) is 29.8 Å². The standard InChI is InChI=1S/C24H22N2O3/c1-15-4-9-19(10-5-15)28-14-23(27)25-21-13-18(8-7-17(21)3)24-26-20-11-6-16(2)12-22(20)29-24/h4-13H,14H2,1-3H3,(H,25,27). The number of nitrogens with one attached hydrogen (secondary N) is 1. The molecule has 0 aliphatic rings. The molecule has 1 N–H and O–H groups in total. The molecule has 3 aromatic carbocycles. The molecule has 0 aliphatic carbocycles. The number of anilines is 1. The van der Waals surface area contributed by atoms with Gasteiger partial charge in [-0.25, -0.2) is 4.98 Å². The van der Waals surface area contributed by atoms with Crippen LogP contribution < -0.4 is 10.1 Å². The van der Waals surface area contributed by atoms with Gasteiger partial charge >= 0.3 is 0 Å². The molecule has 29 heavy (non-hydrogen) atoms. The smallest absolute Gasteiger partial charge is 0.262 e. The second-order valence-corrected chi connectivity index (χ2v) is 7.17. The largest absolute Gasteiger partial charge is 0.484 e. The van der Waals surface area contributed by atoms with Crippen molar-refractivity contribution < 1.29 is 13.9 Å². The minimum absolute atomic E-state index is 0.0606. The topological polar surface area (TPSA) is 64.4 Å². The minimum Gasteiger partial charge on any atom is -0.484 e. The van der Waals surface area contributed by atoms with Crippen molar-refractivity contribution in [2.45, 2.75) is 20.8 Å². The van der Waals surface area contributed by atoms with Crippen LogP contribution in [0.1, 0.15) is 16.7 Å². The summed E-state index contributed by atoms with van der Waals surface area (Å²) < 4.78 is 11.5. The predicted molar refractivity (Wildman–Crippen MR) is 114 cm³/mol. The fraction of sp³-hybridized carbons (Fsp3) is 0.167. The number of benzene rings is 3. The SMILES string of the molecule is Cc1ccc(OCC(=O)Nc2cc(-c3nc4ccc(C)cc4o3)ccc2C)cc1. The molecule has 0 spiro atoms. The second-order valence-electron chi connectivity index (χ2n) is 7.17. The summed E-state index contributed by atoms with van der Waals surface area (Å²) in [5, 5.41) is 2.91. The molecule has 0 radical (unpaired) electrons. The van der Waals surface area contributed by atoms with Crippen molar-refractivity contribution >= 4 is 22.7 Å². The number of hydrogen-bond donors (Lipinski definition) is 1. The van der Waals surface area contributed by atoms with Crippen LogP contribution in [0.2, 0.25) is 0 Å². The van der Waals surface area contributed by atoms with E-state index in [2.05, 4.69) is 10.3 Å². The van der Waals surface area contributed by atoms with Crippen molar-refractivity contribution in [1.29, 1.82) is 0 Å². The molecule has 5 nitrogen and oxygen atoms in total. The van der Waals surface area contributed by atoms with Gasteiger partial charge in [0.1, 0.15) is 11.3 Å². The summed E-state index contributed by atoms with van der Waals surface area (Å²) in [6.07, 6.45) is 0. The van der Waals surface area contributed by atoms with Crippen molar-refractivity contribution in [2.24, 2.45) is 0 Å². The first kappa shape index (κ1) is 18.7. The first-order valence-electron chi connectivity index (χ1n) is 9.45. The number of aromatic nitrogens is 1. The lowest BCUT2D eigenvalue weighted by molar-refractivity contribution is -0.118. The molecule has 1 aromatic heterocycles. The summed E-state index contributed by atoms with van der Waals surface area (Å²) in [7, 11) is 0. The van der Waals surface area contributed by atoms with E-state index in [1.807, 2.05) is 81.4 Å². The van der Waals surface area contributed by atoms with E-state index in [4.69, 9.17) is 9.15 Å². The van der Waals surface area contributed by atoms with Crippen LogP contribution in [-0.4, -0.2) is 17.5 Å². The average Bonchev–Trinajstić information content (AvgIpc) is 3.12. The Morgan fingerprint density at radius 2 is 1.72 bits per heavy atom. The van der Waals surface area contributed by atoms with Crippen LogP contribution in [0, 0.1) is 20.8 Å². The van der Waals surface area contributed by atoms with E-state index >= 15 is 0 Å². The second kappa shape index (κ2) is 7.80. The number of nitrogens with zero attached hydrogens (tertiary/aromatic N) is 1.